The average molecular weight is 207 g/mol. The van der Waals surface area contributed by atoms with Crippen LogP contribution in [0.5, 0.6) is 0 Å². The molecule has 3 rings (SSSR count). The van der Waals surface area contributed by atoms with Gasteiger partial charge in [0.05, 0.1) is 11.0 Å². The highest BCUT2D eigenvalue weighted by atomic mass is 14.7. The summed E-state index contributed by atoms with van der Waals surface area (Å²) in [4.78, 5) is 4.60. The molecule has 2 heteroatoms. The van der Waals surface area contributed by atoms with Crippen molar-refractivity contribution in [1.29, 1.82) is 0 Å². The molecular formula is C14H11N2. The Balaban J connectivity index is 2.46. The first-order valence-corrected chi connectivity index (χ1v) is 5.30. The zero-order chi connectivity index (χ0) is 11.0. The van der Waals surface area contributed by atoms with Crippen LogP contribution in [0.2, 0.25) is 0 Å². The van der Waals surface area contributed by atoms with Crippen LogP contribution in [0.15, 0.2) is 48.5 Å². The molecule has 0 saturated heterocycles. The number of nitrogens with one attached hydrogen (secondary N) is 1. The second-order valence-corrected chi connectivity index (χ2v) is 3.84. The van der Waals surface area contributed by atoms with E-state index in [2.05, 4.69) is 17.1 Å². The van der Waals surface area contributed by atoms with E-state index in [1.54, 1.807) is 0 Å². The molecule has 0 saturated carbocycles. The highest BCUT2D eigenvalue weighted by Crippen LogP contribution is 2.22. The van der Waals surface area contributed by atoms with Crippen molar-refractivity contribution in [2.24, 2.45) is 0 Å². The molecule has 0 spiro atoms. The molecule has 0 atom stereocenters. The Morgan fingerprint density at radius 1 is 0.938 bits per heavy atom. The van der Waals surface area contributed by atoms with Crippen LogP contribution in [0.1, 0.15) is 5.56 Å². The summed E-state index contributed by atoms with van der Waals surface area (Å²) >= 11 is 0. The van der Waals surface area contributed by atoms with Crippen molar-refractivity contribution < 1.29 is 0 Å². The lowest BCUT2D eigenvalue weighted by molar-refractivity contribution is 1.04. The van der Waals surface area contributed by atoms with Gasteiger partial charge in [-0.2, -0.15) is 0 Å². The summed E-state index contributed by atoms with van der Waals surface area (Å²) < 4.78 is 0. The molecule has 1 heterocycles. The molecule has 0 bridgehead atoms. The number of pyridine rings is 1. The van der Waals surface area contributed by atoms with Crippen LogP contribution in [0, 0.1) is 0 Å². The number of aromatic nitrogens is 1. The first-order chi connectivity index (χ1) is 7.88. The minimum Gasteiger partial charge on any atom is -0.253 e. The third-order valence-electron chi connectivity index (χ3n) is 2.84. The predicted molar refractivity (Wildman–Crippen MR) is 66.0 cm³/mol. The molecule has 0 aliphatic heterocycles. The second-order valence-electron chi connectivity index (χ2n) is 3.84. The molecule has 0 aliphatic rings. The maximum atomic E-state index is 7.51. The second kappa shape index (κ2) is 3.58. The minimum absolute atomic E-state index is 0.303. The van der Waals surface area contributed by atoms with Gasteiger partial charge in [-0.15, -0.1) is 0 Å². The number of benzene rings is 2. The first kappa shape index (κ1) is 9.31. The van der Waals surface area contributed by atoms with Gasteiger partial charge in [-0.25, -0.2) is 4.98 Å². The molecule has 2 aromatic carbocycles. The lowest BCUT2D eigenvalue weighted by atomic mass is 10.1. The Morgan fingerprint density at radius 3 is 2.62 bits per heavy atom. The molecule has 0 unspecified atom stereocenters. The van der Waals surface area contributed by atoms with Crippen molar-refractivity contribution in [3.05, 3.63) is 54.1 Å². The van der Waals surface area contributed by atoms with Crippen molar-refractivity contribution >= 4 is 21.8 Å². The van der Waals surface area contributed by atoms with E-state index in [1.165, 1.54) is 0 Å². The quantitative estimate of drug-likeness (QED) is 0.564. The zero-order valence-electron chi connectivity index (χ0n) is 8.77. The lowest BCUT2D eigenvalue weighted by Gasteiger charge is -2.05. The topological polar surface area (TPSA) is 36.7 Å². The molecular weight excluding hydrogens is 196 g/mol. The van der Waals surface area contributed by atoms with Crippen LogP contribution in [0.4, 0.5) is 0 Å². The monoisotopic (exact) mass is 207 g/mol. The lowest BCUT2D eigenvalue weighted by Crippen LogP contribution is -1.89. The molecule has 0 amide bonds. The van der Waals surface area contributed by atoms with E-state index in [9.17, 15) is 0 Å². The Labute approximate surface area is 93.7 Å². The van der Waals surface area contributed by atoms with Gasteiger partial charge in [0.2, 0.25) is 0 Å². The smallest absolute Gasteiger partial charge is 0.0713 e. The SMILES string of the molecule is [NH]Cc1cccc2nc3ccccc3cc12. The number of fused-ring (bicyclic) bond motifs is 2. The fraction of sp³-hybridized carbons (Fsp3) is 0.0714. The molecule has 77 valence electrons. The maximum absolute atomic E-state index is 7.51. The Kier molecular flexibility index (Phi) is 2.08. The van der Waals surface area contributed by atoms with E-state index in [1.807, 2.05) is 36.4 Å². The van der Waals surface area contributed by atoms with Gasteiger partial charge in [0.1, 0.15) is 0 Å². The molecule has 2 nitrogen and oxygen atoms in total. The van der Waals surface area contributed by atoms with Crippen LogP contribution in [0.3, 0.4) is 0 Å². The van der Waals surface area contributed by atoms with Crippen LogP contribution in [0.25, 0.3) is 21.8 Å². The summed E-state index contributed by atoms with van der Waals surface area (Å²) in [5.74, 6) is 0. The van der Waals surface area contributed by atoms with E-state index in [0.717, 1.165) is 27.4 Å². The highest BCUT2D eigenvalue weighted by molar-refractivity contribution is 5.94. The Morgan fingerprint density at radius 2 is 1.75 bits per heavy atom. The van der Waals surface area contributed by atoms with E-state index in [0.29, 0.717) is 6.54 Å². The zero-order valence-corrected chi connectivity index (χ0v) is 8.77. The van der Waals surface area contributed by atoms with Gasteiger partial charge < -0.3 is 0 Å². The van der Waals surface area contributed by atoms with Gasteiger partial charge in [0.15, 0.2) is 0 Å². The fourth-order valence-corrected chi connectivity index (χ4v) is 2.01. The van der Waals surface area contributed by atoms with Crippen LogP contribution in [-0.4, -0.2) is 4.98 Å². The highest BCUT2D eigenvalue weighted by Gasteiger charge is 2.02. The molecule has 1 aromatic heterocycles. The molecule has 0 fully saturated rings. The van der Waals surface area contributed by atoms with E-state index in [-0.39, 0.29) is 0 Å². The molecule has 1 radical (unpaired) electrons. The Hall–Kier alpha value is -1.93. The summed E-state index contributed by atoms with van der Waals surface area (Å²) in [5, 5.41) is 2.23. The molecule has 0 aliphatic carbocycles. The van der Waals surface area contributed by atoms with Gasteiger partial charge in [-0.1, -0.05) is 30.3 Å². The third-order valence-corrected chi connectivity index (χ3v) is 2.84. The number of hydrogen-bond donors (Lipinski definition) is 0. The summed E-state index contributed by atoms with van der Waals surface area (Å²) in [5.41, 5.74) is 10.5. The Bertz CT molecular complexity index is 659. The van der Waals surface area contributed by atoms with Crippen molar-refractivity contribution in [3.8, 4) is 0 Å². The van der Waals surface area contributed by atoms with Crippen LogP contribution >= 0.6 is 0 Å². The van der Waals surface area contributed by atoms with E-state index < -0.39 is 0 Å². The molecule has 16 heavy (non-hydrogen) atoms. The van der Waals surface area contributed by atoms with Crippen molar-refractivity contribution in [2.75, 3.05) is 0 Å². The number of rotatable bonds is 1. The van der Waals surface area contributed by atoms with Gasteiger partial charge in [0, 0.05) is 17.3 Å². The largest absolute Gasteiger partial charge is 0.253 e. The molecule has 1 N–H and O–H groups in total. The number of para-hydroxylation sites is 1. The number of hydrogen-bond acceptors (Lipinski definition) is 1. The third kappa shape index (κ3) is 1.35. The fourth-order valence-electron chi connectivity index (χ4n) is 2.01. The predicted octanol–water partition coefficient (Wildman–Crippen LogP) is 3.17. The van der Waals surface area contributed by atoms with Crippen molar-refractivity contribution in [2.45, 2.75) is 6.54 Å². The molecule has 3 aromatic rings. The standard InChI is InChI=1S/C14H11N2/c15-9-11-5-3-7-14-12(11)8-10-4-1-2-6-13(10)16-14/h1-8,15H,9H2. The normalized spacial score (nSPS) is 11.1. The van der Waals surface area contributed by atoms with Crippen LogP contribution < -0.4 is 5.73 Å². The van der Waals surface area contributed by atoms with Crippen LogP contribution in [-0.2, 0) is 6.54 Å². The summed E-state index contributed by atoms with van der Waals surface area (Å²) in [7, 11) is 0. The van der Waals surface area contributed by atoms with Gasteiger partial charge >= 0.3 is 0 Å². The number of nitrogens with zero attached hydrogens (tertiary/aromatic N) is 1. The summed E-state index contributed by atoms with van der Waals surface area (Å²) in [6, 6.07) is 16.2. The minimum atomic E-state index is 0.303. The van der Waals surface area contributed by atoms with Crippen molar-refractivity contribution in [3.63, 3.8) is 0 Å². The van der Waals surface area contributed by atoms with Gasteiger partial charge in [-0.05, 0) is 23.8 Å². The van der Waals surface area contributed by atoms with Gasteiger partial charge in [-0.3, -0.25) is 5.73 Å². The van der Waals surface area contributed by atoms with E-state index >= 15 is 0 Å². The maximum Gasteiger partial charge on any atom is 0.0713 e. The summed E-state index contributed by atoms with van der Waals surface area (Å²) in [6.45, 7) is 0.303. The van der Waals surface area contributed by atoms with Crippen molar-refractivity contribution in [1.82, 2.24) is 10.7 Å². The van der Waals surface area contributed by atoms with Gasteiger partial charge in [0.25, 0.3) is 0 Å². The first-order valence-electron chi connectivity index (χ1n) is 5.30. The average Bonchev–Trinajstić information content (AvgIpc) is 2.35. The van der Waals surface area contributed by atoms with E-state index in [4.69, 9.17) is 5.73 Å². The summed E-state index contributed by atoms with van der Waals surface area (Å²) in [6.07, 6.45) is 0.